The zero-order valence-electron chi connectivity index (χ0n) is 16.7. The zero-order chi connectivity index (χ0) is 21.0. The van der Waals surface area contributed by atoms with Gasteiger partial charge in [0.05, 0.1) is 0 Å². The van der Waals surface area contributed by atoms with Crippen LogP contribution >= 0.6 is 0 Å². The predicted molar refractivity (Wildman–Crippen MR) is 112 cm³/mol. The predicted octanol–water partition coefficient (Wildman–Crippen LogP) is 5.19. The maximum atomic E-state index is 13.4. The quantitative estimate of drug-likeness (QED) is 0.553. The Kier molecular flexibility index (Phi) is 5.53. The third-order valence-corrected chi connectivity index (χ3v) is 5.45. The lowest BCUT2D eigenvalue weighted by Crippen LogP contribution is -2.49. The van der Waals surface area contributed by atoms with Crippen molar-refractivity contribution in [1.29, 1.82) is 0 Å². The van der Waals surface area contributed by atoms with Crippen molar-refractivity contribution in [2.75, 3.05) is 0 Å². The van der Waals surface area contributed by atoms with Crippen molar-refractivity contribution in [3.05, 3.63) is 108 Å². The van der Waals surface area contributed by atoms with Crippen LogP contribution in [0.4, 0.5) is 4.79 Å². The van der Waals surface area contributed by atoms with E-state index in [9.17, 15) is 9.59 Å². The summed E-state index contributed by atoms with van der Waals surface area (Å²) < 4.78 is 11.4. The van der Waals surface area contributed by atoms with Crippen LogP contribution in [0.5, 0.6) is 0 Å². The summed E-state index contributed by atoms with van der Waals surface area (Å²) in [7, 11) is 0. The number of amides is 1. The Morgan fingerprint density at radius 2 is 1.50 bits per heavy atom. The van der Waals surface area contributed by atoms with E-state index in [1.807, 2.05) is 97.9 Å². The molecule has 0 N–H and O–H groups in total. The molecule has 3 aromatic rings. The molecule has 0 spiro atoms. The molecule has 0 saturated carbocycles. The molecule has 30 heavy (non-hydrogen) atoms. The first kappa shape index (κ1) is 19.7. The lowest BCUT2D eigenvalue weighted by molar-refractivity contribution is -0.146. The van der Waals surface area contributed by atoms with E-state index in [0.29, 0.717) is 17.5 Å². The summed E-state index contributed by atoms with van der Waals surface area (Å²) in [5.41, 5.74) is 1.03. The maximum Gasteiger partial charge on any atom is 0.414 e. The molecule has 2 atom stereocenters. The van der Waals surface area contributed by atoms with Gasteiger partial charge in [0.15, 0.2) is 5.54 Å². The summed E-state index contributed by atoms with van der Waals surface area (Å²) in [6.07, 6.45) is -1.09. The number of benzene rings is 3. The van der Waals surface area contributed by atoms with Crippen molar-refractivity contribution >= 4 is 12.1 Å². The molecule has 1 amide bonds. The number of nitrogens with zero attached hydrogens (tertiary/aromatic N) is 1. The van der Waals surface area contributed by atoms with E-state index in [1.54, 1.807) is 0 Å². The first-order chi connectivity index (χ1) is 14.7. The molecule has 1 saturated heterocycles. The Morgan fingerprint density at radius 1 is 0.933 bits per heavy atom. The van der Waals surface area contributed by atoms with Gasteiger partial charge < -0.3 is 9.47 Å². The molecular weight excluding hydrogens is 378 g/mol. The van der Waals surface area contributed by atoms with E-state index in [-0.39, 0.29) is 6.61 Å². The van der Waals surface area contributed by atoms with Crippen LogP contribution in [0.15, 0.2) is 91.0 Å². The second-order valence-corrected chi connectivity index (χ2v) is 7.16. The number of ether oxygens (including phenoxy) is 2. The highest BCUT2D eigenvalue weighted by atomic mass is 16.6. The minimum atomic E-state index is -1.25. The third kappa shape index (κ3) is 3.43. The van der Waals surface area contributed by atoms with Crippen molar-refractivity contribution < 1.29 is 19.1 Å². The Hall–Kier alpha value is -3.60. The molecule has 0 aliphatic carbocycles. The average molecular weight is 401 g/mol. The van der Waals surface area contributed by atoms with Gasteiger partial charge in [-0.3, -0.25) is 0 Å². The third-order valence-electron chi connectivity index (χ3n) is 5.45. The second-order valence-electron chi connectivity index (χ2n) is 7.16. The minimum absolute atomic E-state index is 0.112. The molecule has 5 heteroatoms. The van der Waals surface area contributed by atoms with Crippen LogP contribution in [-0.2, 0) is 26.4 Å². The van der Waals surface area contributed by atoms with E-state index in [2.05, 4.69) is 0 Å². The van der Waals surface area contributed by atoms with Gasteiger partial charge in [-0.25, -0.2) is 14.5 Å². The summed E-state index contributed by atoms with van der Waals surface area (Å²) in [6, 6.07) is 28.0. The van der Waals surface area contributed by atoms with Crippen molar-refractivity contribution in [1.82, 2.24) is 4.90 Å². The highest BCUT2D eigenvalue weighted by molar-refractivity contribution is 5.90. The van der Waals surface area contributed by atoms with Crippen LogP contribution in [0.25, 0.3) is 0 Å². The molecule has 5 nitrogen and oxygen atoms in total. The number of hydrogen-bond donors (Lipinski definition) is 0. The molecule has 0 radical (unpaired) electrons. The van der Waals surface area contributed by atoms with E-state index < -0.39 is 23.8 Å². The monoisotopic (exact) mass is 401 g/mol. The fourth-order valence-corrected chi connectivity index (χ4v) is 3.91. The zero-order valence-corrected chi connectivity index (χ0v) is 16.7. The van der Waals surface area contributed by atoms with Gasteiger partial charge in [-0.15, -0.1) is 0 Å². The number of carbonyl (C=O) groups is 2. The summed E-state index contributed by atoms with van der Waals surface area (Å²) in [5.74, 6) is -0.457. The molecule has 152 valence electrons. The summed E-state index contributed by atoms with van der Waals surface area (Å²) in [5, 5.41) is 0. The van der Waals surface area contributed by atoms with Crippen molar-refractivity contribution in [2.24, 2.45) is 0 Å². The molecule has 0 aromatic heterocycles. The van der Waals surface area contributed by atoms with Crippen LogP contribution in [0, 0.1) is 0 Å². The van der Waals surface area contributed by atoms with Crippen LogP contribution in [0.2, 0.25) is 0 Å². The van der Waals surface area contributed by atoms with Gasteiger partial charge in [0.1, 0.15) is 6.61 Å². The van der Waals surface area contributed by atoms with Gasteiger partial charge in [-0.05, 0) is 17.5 Å². The Balaban J connectivity index is 1.74. The van der Waals surface area contributed by atoms with Gasteiger partial charge in [-0.1, -0.05) is 97.9 Å². The minimum Gasteiger partial charge on any atom is -0.444 e. The van der Waals surface area contributed by atoms with Crippen molar-refractivity contribution in [3.63, 3.8) is 0 Å². The van der Waals surface area contributed by atoms with E-state index in [0.717, 1.165) is 5.56 Å². The number of hydrogen-bond acceptors (Lipinski definition) is 4. The molecule has 0 unspecified atom stereocenters. The largest absolute Gasteiger partial charge is 0.444 e. The van der Waals surface area contributed by atoms with Gasteiger partial charge >= 0.3 is 12.1 Å². The molecule has 0 bridgehead atoms. The Morgan fingerprint density at radius 3 is 2.10 bits per heavy atom. The second kappa shape index (κ2) is 8.41. The molecule has 1 fully saturated rings. The normalized spacial score (nSPS) is 20.6. The molecular formula is C25H23NO4. The van der Waals surface area contributed by atoms with Crippen LogP contribution in [0.1, 0.15) is 36.3 Å². The molecule has 3 aromatic carbocycles. The van der Waals surface area contributed by atoms with Gasteiger partial charge in [0.2, 0.25) is 6.23 Å². The highest BCUT2D eigenvalue weighted by Crippen LogP contribution is 2.46. The average Bonchev–Trinajstić information content (AvgIpc) is 3.12. The Bertz CT molecular complexity index is 1010. The molecule has 1 aliphatic heterocycles. The van der Waals surface area contributed by atoms with Crippen LogP contribution < -0.4 is 0 Å². The number of carbonyl (C=O) groups excluding carboxylic acids is 2. The van der Waals surface area contributed by atoms with Gasteiger partial charge in [0.25, 0.3) is 0 Å². The standard InChI is InChI=1S/C25H23NO4/c1-2-25(21-16-10-5-11-17-21)23(27)30-22(20-14-8-4-9-15-20)26(25)24(28)29-18-19-12-6-3-7-13-19/h3-17,22H,2,18H2,1H3/t22-,25-/m1/s1. The molecule has 4 rings (SSSR count). The topological polar surface area (TPSA) is 55.8 Å². The number of rotatable bonds is 5. The van der Waals surface area contributed by atoms with E-state index in [1.165, 1.54) is 4.90 Å². The van der Waals surface area contributed by atoms with E-state index >= 15 is 0 Å². The summed E-state index contributed by atoms with van der Waals surface area (Å²) in [6.45, 7) is 1.99. The smallest absolute Gasteiger partial charge is 0.414 e. The SMILES string of the molecule is CC[C@@]1(c2ccccc2)C(=O)O[C@H](c2ccccc2)N1C(=O)OCc1ccccc1. The fraction of sp³-hybridized carbons (Fsp3) is 0.200. The maximum absolute atomic E-state index is 13.4. The first-order valence-electron chi connectivity index (χ1n) is 9.98. The number of esters is 1. The van der Waals surface area contributed by atoms with Gasteiger partial charge in [-0.2, -0.15) is 0 Å². The molecule has 1 heterocycles. The summed E-state index contributed by atoms with van der Waals surface area (Å²) in [4.78, 5) is 28.0. The van der Waals surface area contributed by atoms with Crippen LogP contribution in [0.3, 0.4) is 0 Å². The summed E-state index contributed by atoms with van der Waals surface area (Å²) >= 11 is 0. The van der Waals surface area contributed by atoms with Gasteiger partial charge in [0, 0.05) is 5.56 Å². The Labute approximate surface area is 175 Å². The van der Waals surface area contributed by atoms with Crippen LogP contribution in [-0.4, -0.2) is 17.0 Å². The number of cyclic esters (lactones) is 1. The lowest BCUT2D eigenvalue weighted by atomic mass is 9.86. The first-order valence-corrected chi connectivity index (χ1v) is 9.98. The lowest BCUT2D eigenvalue weighted by Gasteiger charge is -2.35. The van der Waals surface area contributed by atoms with Crippen molar-refractivity contribution in [2.45, 2.75) is 31.7 Å². The van der Waals surface area contributed by atoms with Crippen molar-refractivity contribution in [3.8, 4) is 0 Å². The molecule has 1 aliphatic rings. The fourth-order valence-electron chi connectivity index (χ4n) is 3.91. The highest BCUT2D eigenvalue weighted by Gasteiger charge is 2.58. The van der Waals surface area contributed by atoms with E-state index in [4.69, 9.17) is 9.47 Å².